The molecule has 11 heteroatoms. The summed E-state index contributed by atoms with van der Waals surface area (Å²) in [5.41, 5.74) is 1.62. The first-order chi connectivity index (χ1) is 17.2. The zero-order valence-electron chi connectivity index (χ0n) is 21.8. The van der Waals surface area contributed by atoms with Gasteiger partial charge in [0, 0.05) is 37.1 Å². The molecule has 2 aromatic heterocycles. The Hall–Kier alpha value is -3.18. The Morgan fingerprint density at radius 2 is 1.86 bits per heavy atom. The molecule has 37 heavy (non-hydrogen) atoms. The summed E-state index contributed by atoms with van der Waals surface area (Å²) in [6, 6.07) is 6.53. The Bertz CT molecular complexity index is 1410. The first-order valence-corrected chi connectivity index (χ1v) is 13.7. The maximum Gasteiger partial charge on any atom is 0.211 e. The summed E-state index contributed by atoms with van der Waals surface area (Å²) in [7, 11) is -1.81. The summed E-state index contributed by atoms with van der Waals surface area (Å²) in [5.74, 6) is -0.777. The van der Waals surface area contributed by atoms with Crippen molar-refractivity contribution in [1.29, 1.82) is 0 Å². The summed E-state index contributed by atoms with van der Waals surface area (Å²) >= 11 is 0. The van der Waals surface area contributed by atoms with Gasteiger partial charge in [-0.15, -0.1) is 0 Å². The van der Waals surface area contributed by atoms with E-state index in [1.807, 2.05) is 32.6 Å². The van der Waals surface area contributed by atoms with E-state index in [0.717, 1.165) is 18.0 Å². The van der Waals surface area contributed by atoms with Gasteiger partial charge in [-0.2, -0.15) is 0 Å². The molecule has 4 rings (SSSR count). The first-order valence-electron chi connectivity index (χ1n) is 11.9. The van der Waals surface area contributed by atoms with Gasteiger partial charge in [0.05, 0.1) is 31.1 Å². The number of aromatic nitrogens is 3. The van der Waals surface area contributed by atoms with Crippen LogP contribution in [0.5, 0.6) is 5.75 Å². The van der Waals surface area contributed by atoms with Crippen LogP contribution in [0.15, 0.2) is 36.7 Å². The van der Waals surface area contributed by atoms with E-state index in [9.17, 15) is 12.8 Å². The van der Waals surface area contributed by atoms with Crippen molar-refractivity contribution < 1.29 is 21.9 Å². The van der Waals surface area contributed by atoms with E-state index in [1.54, 1.807) is 24.4 Å². The van der Waals surface area contributed by atoms with Crippen molar-refractivity contribution in [2.45, 2.75) is 52.3 Å². The highest BCUT2D eigenvalue weighted by atomic mass is 32.2. The Balaban J connectivity index is 1.62. The average molecular weight is 532 g/mol. The van der Waals surface area contributed by atoms with E-state index in [-0.39, 0.29) is 30.5 Å². The Morgan fingerprint density at radius 1 is 1.14 bits per heavy atom. The fourth-order valence-corrected chi connectivity index (χ4v) is 4.56. The smallest absolute Gasteiger partial charge is 0.211 e. The lowest BCUT2D eigenvalue weighted by Gasteiger charge is -2.43. The second-order valence-electron chi connectivity index (χ2n) is 10.2. The van der Waals surface area contributed by atoms with Gasteiger partial charge in [-0.1, -0.05) is 6.07 Å². The third-order valence-electron chi connectivity index (χ3n) is 6.15. The Kier molecular flexibility index (Phi) is 7.22. The van der Waals surface area contributed by atoms with Gasteiger partial charge in [-0.05, 0) is 51.5 Å². The lowest BCUT2D eigenvalue weighted by molar-refractivity contribution is 0.0967. The average Bonchev–Trinajstić information content (AvgIpc) is 2.80. The van der Waals surface area contributed by atoms with Gasteiger partial charge in [0.2, 0.25) is 10.0 Å². The Labute approximate surface area is 216 Å². The SMILES string of the molecule is CC(C)N1CC(C)(C)Oc2c(F)cc(-c3nc(Cc4ccc(CN(C)S(C)(=O)=O)cn4)ncc3F)cc21. The summed E-state index contributed by atoms with van der Waals surface area (Å²) in [6.45, 7) is 8.58. The summed E-state index contributed by atoms with van der Waals surface area (Å²) in [6.07, 6.45) is 4.02. The van der Waals surface area contributed by atoms with Crippen LogP contribution in [0.4, 0.5) is 14.5 Å². The van der Waals surface area contributed by atoms with E-state index in [2.05, 4.69) is 15.0 Å². The highest BCUT2D eigenvalue weighted by molar-refractivity contribution is 7.88. The Morgan fingerprint density at radius 3 is 2.49 bits per heavy atom. The number of sulfonamides is 1. The van der Waals surface area contributed by atoms with Gasteiger partial charge < -0.3 is 9.64 Å². The number of hydrogen-bond acceptors (Lipinski definition) is 7. The molecule has 0 unspecified atom stereocenters. The number of benzene rings is 1. The number of halogens is 2. The number of nitrogens with zero attached hydrogens (tertiary/aromatic N) is 5. The third kappa shape index (κ3) is 6.04. The van der Waals surface area contributed by atoms with E-state index < -0.39 is 27.3 Å². The molecule has 1 aromatic carbocycles. The maximum absolute atomic E-state index is 15.2. The van der Waals surface area contributed by atoms with Crippen LogP contribution >= 0.6 is 0 Å². The number of fused-ring (bicyclic) bond motifs is 1. The molecule has 3 heterocycles. The molecule has 0 fully saturated rings. The van der Waals surface area contributed by atoms with Crippen molar-refractivity contribution in [3.8, 4) is 17.0 Å². The molecular formula is C26H31F2N5O3S. The van der Waals surface area contributed by atoms with Gasteiger partial charge in [0.15, 0.2) is 17.4 Å². The van der Waals surface area contributed by atoms with Gasteiger partial charge in [0.25, 0.3) is 0 Å². The summed E-state index contributed by atoms with van der Waals surface area (Å²) in [4.78, 5) is 14.9. The van der Waals surface area contributed by atoms with Crippen LogP contribution in [0.1, 0.15) is 44.8 Å². The van der Waals surface area contributed by atoms with E-state index >= 15 is 4.39 Å². The summed E-state index contributed by atoms with van der Waals surface area (Å²) in [5, 5.41) is 0. The zero-order chi connectivity index (χ0) is 27.1. The molecule has 3 aromatic rings. The maximum atomic E-state index is 15.2. The van der Waals surface area contributed by atoms with Crippen molar-refractivity contribution >= 4 is 15.7 Å². The van der Waals surface area contributed by atoms with E-state index in [0.29, 0.717) is 29.3 Å². The molecule has 8 nitrogen and oxygen atoms in total. The van der Waals surface area contributed by atoms with Crippen LogP contribution in [0.3, 0.4) is 0 Å². The molecule has 0 bridgehead atoms. The van der Waals surface area contributed by atoms with E-state index in [4.69, 9.17) is 4.74 Å². The molecule has 1 aliphatic heterocycles. The minimum Gasteiger partial charge on any atom is -0.481 e. The predicted octanol–water partition coefficient (Wildman–Crippen LogP) is 4.18. The van der Waals surface area contributed by atoms with Gasteiger partial charge in [0.1, 0.15) is 17.1 Å². The molecule has 0 atom stereocenters. The molecule has 0 amide bonds. The predicted molar refractivity (Wildman–Crippen MR) is 138 cm³/mol. The second kappa shape index (κ2) is 9.94. The molecular weight excluding hydrogens is 500 g/mol. The zero-order valence-corrected chi connectivity index (χ0v) is 22.6. The molecule has 0 spiro atoms. The first kappa shape index (κ1) is 26.9. The van der Waals surface area contributed by atoms with Crippen molar-refractivity contribution in [1.82, 2.24) is 19.3 Å². The van der Waals surface area contributed by atoms with Crippen LogP contribution in [-0.4, -0.2) is 59.2 Å². The molecule has 0 radical (unpaired) electrons. The highest BCUT2D eigenvalue weighted by Gasteiger charge is 2.35. The number of hydrogen-bond donors (Lipinski definition) is 0. The number of ether oxygens (including phenoxy) is 1. The third-order valence-corrected chi connectivity index (χ3v) is 7.41. The quantitative estimate of drug-likeness (QED) is 0.452. The van der Waals surface area contributed by atoms with Crippen LogP contribution in [-0.2, 0) is 23.0 Å². The van der Waals surface area contributed by atoms with Gasteiger partial charge in [-0.25, -0.2) is 31.5 Å². The number of anilines is 1. The second-order valence-corrected chi connectivity index (χ2v) is 12.3. The normalized spacial score (nSPS) is 15.1. The molecule has 198 valence electrons. The molecule has 0 N–H and O–H groups in total. The van der Waals surface area contributed by atoms with Gasteiger partial charge >= 0.3 is 0 Å². The molecule has 1 aliphatic rings. The minimum absolute atomic E-state index is 0.00774. The highest BCUT2D eigenvalue weighted by Crippen LogP contribution is 2.42. The van der Waals surface area contributed by atoms with Crippen molar-refractivity contribution in [3.05, 3.63) is 65.4 Å². The van der Waals surface area contributed by atoms with Crippen molar-refractivity contribution in [2.75, 3.05) is 24.7 Å². The van der Waals surface area contributed by atoms with Crippen LogP contribution in [0.25, 0.3) is 11.3 Å². The lowest BCUT2D eigenvalue weighted by Crippen LogP contribution is -2.49. The molecule has 0 aliphatic carbocycles. The summed E-state index contributed by atoms with van der Waals surface area (Å²) < 4.78 is 60.5. The fourth-order valence-electron chi connectivity index (χ4n) is 4.18. The lowest BCUT2D eigenvalue weighted by atomic mass is 10.0. The topological polar surface area (TPSA) is 88.5 Å². The standard InChI is InChI=1S/C26H31F2N5O3S/c1-16(2)33-15-26(3,4)36-25-20(27)9-18(10-22(25)33)24-21(28)13-30-23(31-24)11-19-8-7-17(12-29-19)14-32(5)37(6,34)35/h7-10,12-13,16H,11,14-15H2,1-6H3. The fraction of sp³-hybridized carbons (Fsp3) is 0.423. The minimum atomic E-state index is -3.31. The van der Waals surface area contributed by atoms with Crippen LogP contribution < -0.4 is 9.64 Å². The largest absolute Gasteiger partial charge is 0.481 e. The van der Waals surface area contributed by atoms with Crippen molar-refractivity contribution in [3.63, 3.8) is 0 Å². The van der Waals surface area contributed by atoms with Crippen LogP contribution in [0.2, 0.25) is 0 Å². The number of pyridine rings is 1. The number of rotatable bonds is 7. The molecule has 0 saturated carbocycles. The monoisotopic (exact) mass is 531 g/mol. The van der Waals surface area contributed by atoms with Gasteiger partial charge in [-0.3, -0.25) is 4.98 Å². The molecule has 0 saturated heterocycles. The van der Waals surface area contributed by atoms with E-state index in [1.165, 1.54) is 17.4 Å². The van der Waals surface area contributed by atoms with Crippen molar-refractivity contribution in [2.24, 2.45) is 0 Å². The van der Waals surface area contributed by atoms with Crippen LogP contribution in [0, 0.1) is 11.6 Å².